The third kappa shape index (κ3) is 2.98. The van der Waals surface area contributed by atoms with Crippen LogP contribution in [0.15, 0.2) is 42.9 Å². The summed E-state index contributed by atoms with van der Waals surface area (Å²) in [5.41, 5.74) is 10.0. The van der Waals surface area contributed by atoms with Crippen LogP contribution < -0.4 is 11.1 Å². The van der Waals surface area contributed by atoms with Crippen LogP contribution in [0, 0.1) is 5.92 Å². The number of rotatable bonds is 4. The molecule has 2 heterocycles. The van der Waals surface area contributed by atoms with E-state index in [4.69, 9.17) is 5.73 Å². The molecule has 2 aromatic heterocycles. The molecule has 1 aliphatic rings. The van der Waals surface area contributed by atoms with Gasteiger partial charge in [0.25, 0.3) is 0 Å². The molecule has 132 valence electrons. The number of anilines is 2. The van der Waals surface area contributed by atoms with Gasteiger partial charge < -0.3 is 11.1 Å². The summed E-state index contributed by atoms with van der Waals surface area (Å²) in [4.78, 5) is 20.4. The number of nitrogens with one attached hydrogen (secondary N) is 1. The van der Waals surface area contributed by atoms with Crippen molar-refractivity contribution in [3.63, 3.8) is 0 Å². The van der Waals surface area contributed by atoms with E-state index in [0.29, 0.717) is 11.5 Å². The van der Waals surface area contributed by atoms with Gasteiger partial charge in [0.2, 0.25) is 5.91 Å². The maximum absolute atomic E-state index is 13.0. The number of aromatic nitrogens is 2. The van der Waals surface area contributed by atoms with Crippen LogP contribution in [0.25, 0.3) is 21.9 Å². The number of aryl methyl sites for hydroxylation is 1. The fourth-order valence-corrected chi connectivity index (χ4v) is 3.16. The van der Waals surface area contributed by atoms with E-state index in [0.717, 1.165) is 28.3 Å². The molecule has 0 saturated heterocycles. The molecule has 1 unspecified atom stereocenters. The predicted octanol–water partition coefficient (Wildman–Crippen LogP) is 3.74. The summed E-state index contributed by atoms with van der Waals surface area (Å²) in [5, 5.41) is 4.36. The summed E-state index contributed by atoms with van der Waals surface area (Å²) in [6.45, 7) is 2.09. The van der Waals surface area contributed by atoms with Gasteiger partial charge in [0.05, 0.1) is 5.92 Å². The van der Waals surface area contributed by atoms with Gasteiger partial charge in [-0.2, -0.15) is 0 Å². The minimum atomic E-state index is -1.03. The van der Waals surface area contributed by atoms with Gasteiger partial charge in [0.15, 0.2) is 0 Å². The van der Waals surface area contributed by atoms with E-state index in [-0.39, 0.29) is 12.3 Å². The van der Waals surface area contributed by atoms with E-state index in [2.05, 4.69) is 22.2 Å². The molecule has 1 fully saturated rings. The third-order valence-corrected chi connectivity index (χ3v) is 4.77. The highest BCUT2D eigenvalue weighted by Gasteiger charge is 2.43. The SMILES string of the molecule is CCc1ccncc1-c1cc(N)c2cnc(NC(=O)[C@@H]3CC3F)cc2c1. The van der Waals surface area contributed by atoms with Gasteiger partial charge in [-0.15, -0.1) is 0 Å². The summed E-state index contributed by atoms with van der Waals surface area (Å²) < 4.78 is 13.0. The van der Waals surface area contributed by atoms with Crippen LogP contribution in [-0.2, 0) is 11.2 Å². The van der Waals surface area contributed by atoms with Crippen LogP contribution in [0.2, 0.25) is 0 Å². The monoisotopic (exact) mass is 350 g/mol. The number of benzene rings is 1. The molecule has 1 saturated carbocycles. The van der Waals surface area contributed by atoms with Crippen LogP contribution in [-0.4, -0.2) is 22.0 Å². The molecule has 0 aliphatic heterocycles. The smallest absolute Gasteiger partial charge is 0.231 e. The third-order valence-electron chi connectivity index (χ3n) is 4.77. The average Bonchev–Trinajstić information content (AvgIpc) is 3.38. The largest absolute Gasteiger partial charge is 0.398 e. The second kappa shape index (κ2) is 6.37. The Morgan fingerprint density at radius 1 is 1.35 bits per heavy atom. The van der Waals surface area contributed by atoms with Crippen molar-refractivity contribution in [3.8, 4) is 11.1 Å². The lowest BCUT2D eigenvalue weighted by molar-refractivity contribution is -0.117. The minimum Gasteiger partial charge on any atom is -0.398 e. The van der Waals surface area contributed by atoms with Gasteiger partial charge in [-0.25, -0.2) is 9.37 Å². The molecule has 1 aromatic carbocycles. The Morgan fingerprint density at radius 3 is 2.88 bits per heavy atom. The molecule has 26 heavy (non-hydrogen) atoms. The van der Waals surface area contributed by atoms with Gasteiger partial charge in [-0.1, -0.05) is 6.92 Å². The molecule has 0 radical (unpaired) electrons. The number of halogens is 1. The summed E-state index contributed by atoms with van der Waals surface area (Å²) in [5.74, 6) is -0.472. The van der Waals surface area contributed by atoms with Crippen molar-refractivity contribution in [2.75, 3.05) is 11.1 Å². The highest BCUT2D eigenvalue weighted by Crippen LogP contribution is 2.35. The number of amides is 1. The average molecular weight is 350 g/mol. The second-order valence-electron chi connectivity index (χ2n) is 6.59. The van der Waals surface area contributed by atoms with Crippen LogP contribution in [0.1, 0.15) is 18.9 Å². The zero-order valence-corrected chi connectivity index (χ0v) is 14.4. The number of fused-ring (bicyclic) bond motifs is 1. The first-order chi connectivity index (χ1) is 12.6. The normalized spacial score (nSPS) is 18.7. The van der Waals surface area contributed by atoms with Gasteiger partial charge in [0.1, 0.15) is 12.0 Å². The number of carbonyl (C=O) groups excluding carboxylic acids is 1. The molecule has 0 bridgehead atoms. The highest BCUT2D eigenvalue weighted by atomic mass is 19.1. The van der Waals surface area contributed by atoms with Gasteiger partial charge >= 0.3 is 0 Å². The molecular weight excluding hydrogens is 331 g/mol. The van der Waals surface area contributed by atoms with E-state index >= 15 is 0 Å². The number of hydrogen-bond acceptors (Lipinski definition) is 4. The molecule has 3 N–H and O–H groups in total. The predicted molar refractivity (Wildman–Crippen MR) is 100 cm³/mol. The zero-order valence-electron chi connectivity index (χ0n) is 14.4. The number of pyridine rings is 2. The molecule has 5 nitrogen and oxygen atoms in total. The van der Waals surface area contributed by atoms with Crippen LogP contribution in [0.4, 0.5) is 15.9 Å². The van der Waals surface area contributed by atoms with Crippen molar-refractivity contribution in [1.29, 1.82) is 0 Å². The summed E-state index contributed by atoms with van der Waals surface area (Å²) in [6.07, 6.45) is 5.39. The van der Waals surface area contributed by atoms with Crippen molar-refractivity contribution in [1.82, 2.24) is 9.97 Å². The lowest BCUT2D eigenvalue weighted by atomic mass is 9.97. The molecule has 3 aromatic rings. The molecule has 4 rings (SSSR count). The summed E-state index contributed by atoms with van der Waals surface area (Å²) in [6, 6.07) is 7.69. The van der Waals surface area contributed by atoms with Crippen molar-refractivity contribution in [2.24, 2.45) is 5.92 Å². The fourth-order valence-electron chi connectivity index (χ4n) is 3.16. The van der Waals surface area contributed by atoms with E-state index in [1.807, 2.05) is 24.4 Å². The number of carbonyl (C=O) groups is 1. The van der Waals surface area contributed by atoms with Crippen molar-refractivity contribution < 1.29 is 9.18 Å². The number of alkyl halides is 1. The number of nitrogens with zero attached hydrogens (tertiary/aromatic N) is 2. The van der Waals surface area contributed by atoms with Crippen molar-refractivity contribution in [2.45, 2.75) is 25.9 Å². The van der Waals surface area contributed by atoms with Gasteiger partial charge in [-0.3, -0.25) is 9.78 Å². The van der Waals surface area contributed by atoms with Gasteiger partial charge in [-0.05, 0) is 53.6 Å². The molecule has 0 spiro atoms. The van der Waals surface area contributed by atoms with E-state index in [9.17, 15) is 9.18 Å². The van der Waals surface area contributed by atoms with Crippen molar-refractivity contribution >= 4 is 28.2 Å². The second-order valence-corrected chi connectivity index (χ2v) is 6.59. The maximum atomic E-state index is 13.0. The first-order valence-corrected chi connectivity index (χ1v) is 8.64. The van der Waals surface area contributed by atoms with E-state index < -0.39 is 12.1 Å². The molecule has 2 atom stereocenters. The topological polar surface area (TPSA) is 80.9 Å². The number of nitrogens with two attached hydrogens (primary N) is 1. The Bertz CT molecular complexity index is 1000. The summed E-state index contributed by atoms with van der Waals surface area (Å²) in [7, 11) is 0. The molecule has 1 aliphatic carbocycles. The first kappa shape index (κ1) is 16.4. The Labute approximate surface area is 150 Å². The first-order valence-electron chi connectivity index (χ1n) is 8.64. The van der Waals surface area contributed by atoms with E-state index in [1.54, 1.807) is 18.5 Å². The molecule has 1 amide bonds. The maximum Gasteiger partial charge on any atom is 0.231 e. The number of hydrogen-bond donors (Lipinski definition) is 2. The van der Waals surface area contributed by atoms with Gasteiger partial charge in [0, 0.05) is 35.2 Å². The summed E-state index contributed by atoms with van der Waals surface area (Å²) >= 11 is 0. The number of nitrogen functional groups attached to an aromatic ring is 1. The van der Waals surface area contributed by atoms with Crippen molar-refractivity contribution in [3.05, 3.63) is 48.4 Å². The Kier molecular flexibility index (Phi) is 4.03. The quantitative estimate of drug-likeness (QED) is 0.703. The lowest BCUT2D eigenvalue weighted by Crippen LogP contribution is -2.15. The van der Waals surface area contributed by atoms with Crippen LogP contribution >= 0.6 is 0 Å². The Balaban J connectivity index is 1.73. The van der Waals surface area contributed by atoms with Crippen LogP contribution in [0.5, 0.6) is 0 Å². The minimum absolute atomic E-state index is 0.289. The molecular formula is C20H19FN4O. The van der Waals surface area contributed by atoms with Crippen LogP contribution in [0.3, 0.4) is 0 Å². The van der Waals surface area contributed by atoms with E-state index in [1.165, 1.54) is 5.56 Å². The standard InChI is InChI=1S/C20H19FN4O/c1-2-11-3-4-23-9-15(11)12-5-13-7-19(24-10-16(13)18(22)6-12)25-20(26)14-8-17(14)21/h3-7,9-10,14,17H,2,8,22H2,1H3,(H,24,25,26)/t14-,17?/m1/s1. The zero-order chi connectivity index (χ0) is 18.3. The highest BCUT2D eigenvalue weighted by molar-refractivity contribution is 6.00. The lowest BCUT2D eigenvalue weighted by Gasteiger charge is -2.11. The molecule has 6 heteroatoms. The fraction of sp³-hybridized carbons (Fsp3) is 0.250. The Morgan fingerprint density at radius 2 is 2.15 bits per heavy atom. The Hall–Kier alpha value is -3.02.